The third kappa shape index (κ3) is 5.11. The van der Waals surface area contributed by atoms with Crippen LogP contribution in [0.15, 0.2) is 30.3 Å². The van der Waals surface area contributed by atoms with Crippen LogP contribution in [0.5, 0.6) is 11.5 Å². The van der Waals surface area contributed by atoms with Crippen LogP contribution >= 0.6 is 0 Å². The number of ether oxygens (including phenoxy) is 2. The summed E-state index contributed by atoms with van der Waals surface area (Å²) in [6, 6.07) is 9.55. The van der Waals surface area contributed by atoms with E-state index >= 15 is 0 Å². The molecule has 0 unspecified atom stereocenters. The Kier molecular flexibility index (Phi) is 5.92. The van der Waals surface area contributed by atoms with Crippen LogP contribution in [0.2, 0.25) is 0 Å². The van der Waals surface area contributed by atoms with E-state index in [2.05, 4.69) is 17.7 Å². The molecule has 0 saturated carbocycles. The van der Waals surface area contributed by atoms with Crippen molar-refractivity contribution in [1.29, 1.82) is 0 Å². The minimum Gasteiger partial charge on any atom is -0.496 e. The molecule has 2 aromatic rings. The van der Waals surface area contributed by atoms with Gasteiger partial charge < -0.3 is 9.47 Å². The molecule has 0 saturated heterocycles. The van der Waals surface area contributed by atoms with Crippen molar-refractivity contribution in [3.8, 4) is 11.5 Å². The molecule has 0 radical (unpaired) electrons. The third-order valence-corrected chi connectivity index (χ3v) is 4.62. The summed E-state index contributed by atoms with van der Waals surface area (Å²) in [5.74, 6) is 1.30. The van der Waals surface area contributed by atoms with Gasteiger partial charge in [0.25, 0.3) is 10.2 Å². The maximum atomic E-state index is 11.3. The summed E-state index contributed by atoms with van der Waals surface area (Å²) >= 11 is 0. The minimum absolute atomic E-state index is 0.333. The SMILES string of the molecule is COc1ccc(CCc2cc(C)c(C)c(OC)c2)cc1NS(N)(=O)=O. The van der Waals surface area contributed by atoms with Crippen LogP contribution in [0.25, 0.3) is 0 Å². The van der Waals surface area contributed by atoms with Gasteiger partial charge in [-0.2, -0.15) is 8.42 Å². The molecule has 0 heterocycles. The molecule has 0 atom stereocenters. The van der Waals surface area contributed by atoms with E-state index in [1.54, 1.807) is 19.2 Å². The maximum Gasteiger partial charge on any atom is 0.296 e. The molecular formula is C18H24N2O4S. The Labute approximate surface area is 149 Å². The van der Waals surface area contributed by atoms with Crippen molar-refractivity contribution in [2.24, 2.45) is 5.14 Å². The monoisotopic (exact) mass is 364 g/mol. The van der Waals surface area contributed by atoms with E-state index in [9.17, 15) is 8.42 Å². The fourth-order valence-corrected chi connectivity index (χ4v) is 3.15. The van der Waals surface area contributed by atoms with Gasteiger partial charge in [-0.3, -0.25) is 4.72 Å². The van der Waals surface area contributed by atoms with Gasteiger partial charge in [-0.05, 0) is 67.1 Å². The molecular weight excluding hydrogens is 340 g/mol. The van der Waals surface area contributed by atoms with Crippen molar-refractivity contribution in [3.05, 3.63) is 52.6 Å². The van der Waals surface area contributed by atoms with Gasteiger partial charge in [0.15, 0.2) is 0 Å². The second kappa shape index (κ2) is 7.76. The maximum absolute atomic E-state index is 11.3. The number of anilines is 1. The van der Waals surface area contributed by atoms with E-state index < -0.39 is 10.2 Å². The van der Waals surface area contributed by atoms with Gasteiger partial charge in [-0.25, -0.2) is 5.14 Å². The molecule has 3 N–H and O–H groups in total. The van der Waals surface area contributed by atoms with Gasteiger partial charge in [0, 0.05) is 0 Å². The van der Waals surface area contributed by atoms with Crippen LogP contribution in [-0.2, 0) is 23.1 Å². The van der Waals surface area contributed by atoms with Crippen LogP contribution in [0.1, 0.15) is 22.3 Å². The Morgan fingerprint density at radius 3 is 2.20 bits per heavy atom. The first-order chi connectivity index (χ1) is 11.7. The lowest BCUT2D eigenvalue weighted by Gasteiger charge is -2.13. The predicted octanol–water partition coefficient (Wildman–Crippen LogP) is 2.72. The first-order valence-corrected chi connectivity index (χ1v) is 9.39. The average molecular weight is 364 g/mol. The zero-order valence-electron chi connectivity index (χ0n) is 14.9. The van der Waals surface area contributed by atoms with Crippen LogP contribution in [0, 0.1) is 13.8 Å². The fourth-order valence-electron chi connectivity index (χ4n) is 2.69. The Hall–Kier alpha value is -2.25. The first kappa shape index (κ1) is 19.1. The van der Waals surface area contributed by atoms with E-state index in [1.165, 1.54) is 12.7 Å². The highest BCUT2D eigenvalue weighted by molar-refractivity contribution is 7.90. The standard InChI is InChI=1S/C18H24N2O4S/c1-12-9-15(11-18(24-4)13(12)2)6-5-14-7-8-17(23-3)16(10-14)20-25(19,21)22/h7-11,20H,5-6H2,1-4H3,(H2,19,21,22). The second-order valence-electron chi connectivity index (χ2n) is 5.92. The lowest BCUT2D eigenvalue weighted by Crippen LogP contribution is -2.22. The Balaban J connectivity index is 2.21. The van der Waals surface area contributed by atoms with Gasteiger partial charge in [-0.15, -0.1) is 0 Å². The molecule has 0 aliphatic carbocycles. The van der Waals surface area contributed by atoms with Crippen LogP contribution in [-0.4, -0.2) is 22.6 Å². The van der Waals surface area contributed by atoms with Crippen molar-refractivity contribution < 1.29 is 17.9 Å². The molecule has 0 amide bonds. The summed E-state index contributed by atoms with van der Waals surface area (Å²) in [4.78, 5) is 0. The zero-order valence-corrected chi connectivity index (χ0v) is 15.7. The number of methoxy groups -OCH3 is 2. The molecule has 0 bridgehead atoms. The van der Waals surface area contributed by atoms with Gasteiger partial charge in [0.2, 0.25) is 0 Å². The van der Waals surface area contributed by atoms with Gasteiger partial charge in [0.1, 0.15) is 11.5 Å². The summed E-state index contributed by atoms with van der Waals surface area (Å²) in [6.07, 6.45) is 1.55. The van der Waals surface area contributed by atoms with Gasteiger partial charge in [-0.1, -0.05) is 12.1 Å². The number of benzene rings is 2. The number of hydrogen-bond acceptors (Lipinski definition) is 4. The zero-order chi connectivity index (χ0) is 18.6. The molecule has 25 heavy (non-hydrogen) atoms. The van der Waals surface area contributed by atoms with Crippen LogP contribution in [0.4, 0.5) is 5.69 Å². The summed E-state index contributed by atoms with van der Waals surface area (Å²) in [5.41, 5.74) is 4.79. The van der Waals surface area contributed by atoms with E-state index in [0.717, 1.165) is 35.3 Å². The van der Waals surface area contributed by atoms with E-state index in [-0.39, 0.29) is 0 Å². The number of rotatable bonds is 7. The van der Waals surface area contributed by atoms with E-state index in [1.807, 2.05) is 19.1 Å². The molecule has 0 aliphatic rings. The Bertz CT molecular complexity index is 864. The molecule has 2 rings (SSSR count). The molecule has 2 aromatic carbocycles. The predicted molar refractivity (Wildman–Crippen MR) is 99.6 cm³/mol. The number of nitrogens with two attached hydrogens (primary N) is 1. The average Bonchev–Trinajstić information content (AvgIpc) is 2.54. The van der Waals surface area contributed by atoms with Crippen LogP contribution < -0.4 is 19.3 Å². The van der Waals surface area contributed by atoms with E-state index in [4.69, 9.17) is 14.6 Å². The molecule has 7 heteroatoms. The van der Waals surface area contributed by atoms with Crippen molar-refractivity contribution >= 4 is 15.9 Å². The molecule has 0 spiro atoms. The Morgan fingerprint density at radius 2 is 1.60 bits per heavy atom. The van der Waals surface area contributed by atoms with Crippen molar-refractivity contribution in [3.63, 3.8) is 0 Å². The number of nitrogens with one attached hydrogen (secondary N) is 1. The van der Waals surface area contributed by atoms with Crippen molar-refractivity contribution in [1.82, 2.24) is 0 Å². The summed E-state index contributed by atoms with van der Waals surface area (Å²) in [7, 11) is -0.716. The highest BCUT2D eigenvalue weighted by Crippen LogP contribution is 2.28. The molecule has 6 nitrogen and oxygen atoms in total. The number of aryl methyl sites for hydroxylation is 3. The summed E-state index contributed by atoms with van der Waals surface area (Å²) < 4.78 is 35.5. The fraction of sp³-hybridized carbons (Fsp3) is 0.333. The lowest BCUT2D eigenvalue weighted by molar-refractivity contribution is 0.410. The van der Waals surface area contributed by atoms with Crippen LogP contribution in [0.3, 0.4) is 0 Å². The topological polar surface area (TPSA) is 90.7 Å². The molecule has 136 valence electrons. The van der Waals surface area contributed by atoms with E-state index in [0.29, 0.717) is 11.4 Å². The Morgan fingerprint density at radius 1 is 0.960 bits per heavy atom. The first-order valence-electron chi connectivity index (χ1n) is 7.85. The molecule has 0 aromatic heterocycles. The third-order valence-electron chi connectivity index (χ3n) is 4.12. The van der Waals surface area contributed by atoms with Gasteiger partial charge >= 0.3 is 0 Å². The second-order valence-corrected chi connectivity index (χ2v) is 7.22. The van der Waals surface area contributed by atoms with Crippen molar-refractivity contribution in [2.45, 2.75) is 26.7 Å². The smallest absolute Gasteiger partial charge is 0.296 e. The molecule has 0 aliphatic heterocycles. The molecule has 0 fully saturated rings. The quantitative estimate of drug-likeness (QED) is 0.790. The number of hydrogen-bond donors (Lipinski definition) is 2. The summed E-state index contributed by atoms with van der Waals surface area (Å²) in [5, 5.41) is 5.06. The highest BCUT2D eigenvalue weighted by atomic mass is 32.2. The van der Waals surface area contributed by atoms with Gasteiger partial charge in [0.05, 0.1) is 19.9 Å². The summed E-state index contributed by atoms with van der Waals surface area (Å²) in [6.45, 7) is 4.09. The minimum atomic E-state index is -3.86. The normalized spacial score (nSPS) is 11.2. The van der Waals surface area contributed by atoms with Crippen molar-refractivity contribution in [2.75, 3.05) is 18.9 Å². The largest absolute Gasteiger partial charge is 0.496 e. The lowest BCUT2D eigenvalue weighted by atomic mass is 9.99. The highest BCUT2D eigenvalue weighted by Gasteiger charge is 2.10.